The number of hydrogen-bond donors (Lipinski definition) is 1. The standard InChI is InChI=1S/C13H11N3O2/c1-18-11-4-2-3-9(5-11)10-7-14-12-6-13(17)15-16(12)8-10/h2-8H,1H3,(H,15,17). The number of hydrogen-bond acceptors (Lipinski definition) is 3. The molecule has 0 saturated heterocycles. The summed E-state index contributed by atoms with van der Waals surface area (Å²) < 4.78 is 6.79. The van der Waals surface area contributed by atoms with Crippen LogP contribution in [0.2, 0.25) is 0 Å². The predicted octanol–water partition coefficient (Wildman–Crippen LogP) is 1.70. The lowest BCUT2D eigenvalue weighted by Crippen LogP contribution is -1.98. The van der Waals surface area contributed by atoms with Crippen molar-refractivity contribution in [3.63, 3.8) is 0 Å². The van der Waals surface area contributed by atoms with E-state index in [1.54, 1.807) is 17.8 Å². The van der Waals surface area contributed by atoms with Crippen LogP contribution in [0.4, 0.5) is 0 Å². The molecule has 0 aliphatic rings. The molecule has 90 valence electrons. The first kappa shape index (κ1) is 10.6. The Kier molecular flexibility index (Phi) is 2.37. The first-order valence-corrected chi connectivity index (χ1v) is 5.48. The predicted molar refractivity (Wildman–Crippen MR) is 67.8 cm³/mol. The Morgan fingerprint density at radius 1 is 1.28 bits per heavy atom. The zero-order valence-electron chi connectivity index (χ0n) is 9.75. The molecule has 5 heteroatoms. The van der Waals surface area contributed by atoms with Crippen molar-refractivity contribution >= 4 is 5.65 Å². The lowest BCUT2D eigenvalue weighted by molar-refractivity contribution is 0.415. The molecule has 2 heterocycles. The van der Waals surface area contributed by atoms with Gasteiger partial charge in [0, 0.05) is 24.0 Å². The van der Waals surface area contributed by atoms with Gasteiger partial charge in [0.15, 0.2) is 5.65 Å². The van der Waals surface area contributed by atoms with Gasteiger partial charge < -0.3 is 4.74 Å². The Hall–Kier alpha value is -2.56. The number of fused-ring (bicyclic) bond motifs is 1. The number of benzene rings is 1. The minimum absolute atomic E-state index is 0.162. The highest BCUT2D eigenvalue weighted by atomic mass is 16.5. The number of nitrogens with zero attached hydrogens (tertiary/aromatic N) is 2. The summed E-state index contributed by atoms with van der Waals surface area (Å²) in [6, 6.07) is 9.14. The first-order valence-electron chi connectivity index (χ1n) is 5.48. The molecular formula is C13H11N3O2. The smallest absolute Gasteiger partial charge is 0.266 e. The summed E-state index contributed by atoms with van der Waals surface area (Å²) in [6.45, 7) is 0. The van der Waals surface area contributed by atoms with Crippen molar-refractivity contribution in [3.8, 4) is 16.9 Å². The van der Waals surface area contributed by atoms with Gasteiger partial charge in [0.2, 0.25) is 0 Å². The van der Waals surface area contributed by atoms with Crippen molar-refractivity contribution in [2.24, 2.45) is 0 Å². The molecule has 0 aliphatic heterocycles. The number of aromatic nitrogens is 3. The van der Waals surface area contributed by atoms with E-state index in [-0.39, 0.29) is 5.56 Å². The maximum Gasteiger partial charge on any atom is 0.266 e. The Morgan fingerprint density at radius 3 is 3.00 bits per heavy atom. The van der Waals surface area contributed by atoms with Gasteiger partial charge in [-0.2, -0.15) is 0 Å². The van der Waals surface area contributed by atoms with E-state index in [0.29, 0.717) is 5.65 Å². The van der Waals surface area contributed by atoms with Crippen molar-refractivity contribution in [1.29, 1.82) is 0 Å². The van der Waals surface area contributed by atoms with Gasteiger partial charge >= 0.3 is 0 Å². The van der Waals surface area contributed by atoms with E-state index >= 15 is 0 Å². The van der Waals surface area contributed by atoms with Crippen LogP contribution in [0.15, 0.2) is 47.5 Å². The minimum Gasteiger partial charge on any atom is -0.497 e. The lowest BCUT2D eigenvalue weighted by atomic mass is 10.1. The molecule has 0 amide bonds. The second-order valence-electron chi connectivity index (χ2n) is 3.92. The van der Waals surface area contributed by atoms with Crippen LogP contribution in [-0.2, 0) is 0 Å². The van der Waals surface area contributed by atoms with Gasteiger partial charge in [0.05, 0.1) is 7.11 Å². The van der Waals surface area contributed by atoms with Gasteiger partial charge in [0.25, 0.3) is 5.56 Å². The maximum absolute atomic E-state index is 11.2. The summed E-state index contributed by atoms with van der Waals surface area (Å²) in [5.74, 6) is 0.786. The summed E-state index contributed by atoms with van der Waals surface area (Å²) >= 11 is 0. The van der Waals surface area contributed by atoms with E-state index in [4.69, 9.17) is 4.74 Å². The van der Waals surface area contributed by atoms with E-state index in [1.165, 1.54) is 6.07 Å². The van der Waals surface area contributed by atoms with E-state index in [2.05, 4.69) is 10.1 Å². The van der Waals surface area contributed by atoms with Crippen LogP contribution in [0.3, 0.4) is 0 Å². The van der Waals surface area contributed by atoms with Crippen molar-refractivity contribution in [1.82, 2.24) is 14.6 Å². The van der Waals surface area contributed by atoms with Crippen LogP contribution in [0.1, 0.15) is 0 Å². The fraction of sp³-hybridized carbons (Fsp3) is 0.0769. The molecule has 0 radical (unpaired) electrons. The molecule has 3 rings (SSSR count). The molecule has 0 unspecified atom stereocenters. The molecule has 3 aromatic rings. The highest BCUT2D eigenvalue weighted by molar-refractivity contribution is 5.64. The molecule has 0 saturated carbocycles. The minimum atomic E-state index is -0.162. The SMILES string of the molecule is COc1cccc(-c2cnc3cc(=O)[nH]n3c2)c1. The van der Waals surface area contributed by atoms with Crippen LogP contribution in [0.25, 0.3) is 16.8 Å². The monoisotopic (exact) mass is 241 g/mol. The van der Waals surface area contributed by atoms with E-state index in [9.17, 15) is 4.79 Å². The van der Waals surface area contributed by atoms with Crippen molar-refractivity contribution < 1.29 is 4.74 Å². The molecule has 1 N–H and O–H groups in total. The summed E-state index contributed by atoms with van der Waals surface area (Å²) in [4.78, 5) is 15.4. The molecule has 0 spiro atoms. The third-order valence-electron chi connectivity index (χ3n) is 2.74. The van der Waals surface area contributed by atoms with Gasteiger partial charge in [0.1, 0.15) is 5.75 Å². The van der Waals surface area contributed by atoms with Crippen molar-refractivity contribution in [2.75, 3.05) is 7.11 Å². The zero-order chi connectivity index (χ0) is 12.5. The Morgan fingerprint density at radius 2 is 2.17 bits per heavy atom. The molecule has 0 bridgehead atoms. The molecular weight excluding hydrogens is 230 g/mol. The fourth-order valence-electron chi connectivity index (χ4n) is 1.85. The van der Waals surface area contributed by atoms with Gasteiger partial charge in [-0.15, -0.1) is 0 Å². The van der Waals surface area contributed by atoms with E-state index < -0.39 is 0 Å². The second-order valence-corrected chi connectivity index (χ2v) is 3.92. The van der Waals surface area contributed by atoms with Crippen LogP contribution < -0.4 is 10.3 Å². The number of ether oxygens (including phenoxy) is 1. The van der Waals surface area contributed by atoms with Crippen LogP contribution in [0.5, 0.6) is 5.75 Å². The quantitative estimate of drug-likeness (QED) is 0.742. The van der Waals surface area contributed by atoms with Crippen LogP contribution in [-0.4, -0.2) is 21.7 Å². The lowest BCUT2D eigenvalue weighted by Gasteiger charge is -2.04. The molecule has 0 aliphatic carbocycles. The number of H-pyrrole nitrogens is 1. The third kappa shape index (κ3) is 1.75. The van der Waals surface area contributed by atoms with Crippen molar-refractivity contribution in [2.45, 2.75) is 0 Å². The van der Waals surface area contributed by atoms with Gasteiger partial charge in [-0.3, -0.25) is 9.89 Å². The van der Waals surface area contributed by atoms with Crippen LogP contribution in [0, 0.1) is 0 Å². The summed E-state index contributed by atoms with van der Waals surface area (Å²) in [5.41, 5.74) is 2.34. The topological polar surface area (TPSA) is 59.4 Å². The summed E-state index contributed by atoms with van der Waals surface area (Å²) in [7, 11) is 1.63. The van der Waals surface area contributed by atoms with Gasteiger partial charge in [-0.05, 0) is 17.7 Å². The largest absolute Gasteiger partial charge is 0.497 e. The highest BCUT2D eigenvalue weighted by Crippen LogP contribution is 2.22. The first-order chi connectivity index (χ1) is 8.76. The molecule has 0 fully saturated rings. The van der Waals surface area contributed by atoms with Gasteiger partial charge in [-0.25, -0.2) is 9.50 Å². The Labute approximate surface area is 103 Å². The van der Waals surface area contributed by atoms with E-state index in [1.807, 2.05) is 30.5 Å². The molecule has 1 aromatic carbocycles. The Bertz CT molecular complexity index is 758. The van der Waals surface area contributed by atoms with Gasteiger partial charge in [-0.1, -0.05) is 12.1 Å². The number of rotatable bonds is 2. The summed E-state index contributed by atoms with van der Waals surface area (Å²) in [5, 5.41) is 2.66. The third-order valence-corrected chi connectivity index (χ3v) is 2.74. The number of methoxy groups -OCH3 is 1. The zero-order valence-corrected chi connectivity index (χ0v) is 9.75. The number of nitrogens with one attached hydrogen (secondary N) is 1. The maximum atomic E-state index is 11.2. The molecule has 2 aromatic heterocycles. The molecule has 5 nitrogen and oxygen atoms in total. The molecule has 18 heavy (non-hydrogen) atoms. The van der Waals surface area contributed by atoms with Crippen molar-refractivity contribution in [3.05, 3.63) is 53.1 Å². The average molecular weight is 241 g/mol. The molecule has 0 atom stereocenters. The summed E-state index contributed by atoms with van der Waals surface area (Å²) in [6.07, 6.45) is 3.57. The fourth-order valence-corrected chi connectivity index (χ4v) is 1.85. The number of aromatic amines is 1. The Balaban J connectivity index is 2.15. The normalized spacial score (nSPS) is 10.7. The highest BCUT2D eigenvalue weighted by Gasteiger charge is 2.03. The average Bonchev–Trinajstić information content (AvgIpc) is 2.77. The van der Waals surface area contributed by atoms with Crippen LogP contribution >= 0.6 is 0 Å². The second kappa shape index (κ2) is 4.03. The van der Waals surface area contributed by atoms with E-state index in [0.717, 1.165) is 16.9 Å².